The highest BCUT2D eigenvalue weighted by Gasteiger charge is 2.22. The summed E-state index contributed by atoms with van der Waals surface area (Å²) in [5.74, 6) is 2.73. The zero-order valence-corrected chi connectivity index (χ0v) is 12.9. The number of methoxy groups -OCH3 is 1. The van der Waals surface area contributed by atoms with Crippen LogP contribution in [0.3, 0.4) is 0 Å². The maximum Gasteiger partial charge on any atom is 0.127 e. The van der Waals surface area contributed by atoms with E-state index in [0.717, 1.165) is 24.0 Å². The lowest BCUT2D eigenvalue weighted by atomic mass is 9.86. The van der Waals surface area contributed by atoms with Crippen molar-refractivity contribution in [3.05, 3.63) is 23.8 Å². The number of hydrogen-bond acceptors (Lipinski definition) is 3. The van der Waals surface area contributed by atoms with Crippen molar-refractivity contribution in [1.29, 1.82) is 0 Å². The fourth-order valence-electron chi connectivity index (χ4n) is 2.95. The summed E-state index contributed by atoms with van der Waals surface area (Å²) in [5.41, 5.74) is 1.20. The van der Waals surface area contributed by atoms with Gasteiger partial charge >= 0.3 is 0 Å². The van der Waals surface area contributed by atoms with Crippen LogP contribution in [0.2, 0.25) is 0 Å². The maximum absolute atomic E-state index is 6.25. The molecule has 0 radical (unpaired) electrons. The van der Waals surface area contributed by atoms with Gasteiger partial charge in [-0.1, -0.05) is 19.4 Å². The van der Waals surface area contributed by atoms with E-state index in [-0.39, 0.29) is 0 Å². The summed E-state index contributed by atoms with van der Waals surface area (Å²) in [6, 6.07) is 6.09. The van der Waals surface area contributed by atoms with E-state index in [4.69, 9.17) is 9.47 Å². The summed E-state index contributed by atoms with van der Waals surface area (Å²) < 4.78 is 11.6. The molecule has 112 valence electrons. The molecular formula is C17H27NO2. The molecule has 20 heavy (non-hydrogen) atoms. The quantitative estimate of drug-likeness (QED) is 0.858. The average molecular weight is 277 g/mol. The van der Waals surface area contributed by atoms with Crippen molar-refractivity contribution in [1.82, 2.24) is 5.32 Å². The van der Waals surface area contributed by atoms with Gasteiger partial charge in [0.25, 0.3) is 0 Å². The molecule has 1 fully saturated rings. The number of benzene rings is 1. The van der Waals surface area contributed by atoms with Gasteiger partial charge in [-0.05, 0) is 44.7 Å². The molecule has 0 saturated heterocycles. The minimum absolute atomic E-state index is 0.362. The van der Waals surface area contributed by atoms with E-state index in [1.54, 1.807) is 7.11 Å². The number of nitrogens with one attached hydrogen (secondary N) is 1. The molecule has 0 unspecified atom stereocenters. The Morgan fingerprint density at radius 1 is 1.20 bits per heavy atom. The summed E-state index contributed by atoms with van der Waals surface area (Å²) >= 11 is 0. The fourth-order valence-corrected chi connectivity index (χ4v) is 2.95. The predicted octanol–water partition coefficient (Wildman–Crippen LogP) is 3.76. The molecule has 1 saturated carbocycles. The molecule has 3 nitrogen and oxygen atoms in total. The molecule has 0 bridgehead atoms. The molecule has 1 aromatic rings. The van der Waals surface area contributed by atoms with E-state index in [2.05, 4.69) is 18.3 Å². The van der Waals surface area contributed by atoms with Crippen LogP contribution in [-0.4, -0.2) is 20.3 Å². The highest BCUT2D eigenvalue weighted by Crippen LogP contribution is 2.32. The Bertz CT molecular complexity index is 411. The minimum Gasteiger partial charge on any atom is -0.497 e. The molecule has 0 amide bonds. The van der Waals surface area contributed by atoms with Gasteiger partial charge in [-0.2, -0.15) is 0 Å². The van der Waals surface area contributed by atoms with Gasteiger partial charge in [-0.25, -0.2) is 0 Å². The third-order valence-electron chi connectivity index (χ3n) is 4.31. The van der Waals surface area contributed by atoms with Gasteiger partial charge in [0.1, 0.15) is 11.5 Å². The highest BCUT2D eigenvalue weighted by atomic mass is 16.5. The standard InChI is InChI=1S/C17H27NO2/c1-4-13-5-8-15(9-6-13)20-17-11-16(19-3)10-7-14(17)12-18-2/h7,10-11,13,15,18H,4-6,8-9,12H2,1-3H3. The van der Waals surface area contributed by atoms with E-state index in [1.807, 2.05) is 19.2 Å². The molecule has 1 aromatic carbocycles. The molecule has 3 heteroatoms. The second-order valence-corrected chi connectivity index (χ2v) is 5.67. The van der Waals surface area contributed by atoms with Gasteiger partial charge in [0.15, 0.2) is 0 Å². The van der Waals surface area contributed by atoms with Gasteiger partial charge < -0.3 is 14.8 Å². The zero-order chi connectivity index (χ0) is 14.4. The first-order valence-electron chi connectivity index (χ1n) is 7.75. The Morgan fingerprint density at radius 2 is 1.95 bits per heavy atom. The topological polar surface area (TPSA) is 30.5 Å². The SMILES string of the molecule is CCC1CCC(Oc2cc(OC)ccc2CNC)CC1. The van der Waals surface area contributed by atoms with Crippen molar-refractivity contribution in [3.8, 4) is 11.5 Å². The molecule has 0 aromatic heterocycles. The normalized spacial score (nSPS) is 22.6. The monoisotopic (exact) mass is 277 g/mol. The molecule has 0 heterocycles. The largest absolute Gasteiger partial charge is 0.497 e. The van der Waals surface area contributed by atoms with E-state index in [0.29, 0.717) is 6.10 Å². The summed E-state index contributed by atoms with van der Waals surface area (Å²) in [4.78, 5) is 0. The first-order valence-corrected chi connectivity index (χ1v) is 7.75. The summed E-state index contributed by atoms with van der Waals surface area (Å²) in [7, 11) is 3.66. The molecule has 1 N–H and O–H groups in total. The minimum atomic E-state index is 0.362. The summed E-state index contributed by atoms with van der Waals surface area (Å²) in [6.45, 7) is 3.11. The lowest BCUT2D eigenvalue weighted by molar-refractivity contribution is 0.128. The second kappa shape index (κ2) is 7.53. The van der Waals surface area contributed by atoms with Crippen LogP contribution in [0.4, 0.5) is 0 Å². The third-order valence-corrected chi connectivity index (χ3v) is 4.31. The van der Waals surface area contributed by atoms with Crippen LogP contribution < -0.4 is 14.8 Å². The van der Waals surface area contributed by atoms with E-state index >= 15 is 0 Å². The zero-order valence-electron chi connectivity index (χ0n) is 12.9. The van der Waals surface area contributed by atoms with Gasteiger partial charge in [0.05, 0.1) is 13.2 Å². The lowest BCUT2D eigenvalue weighted by Crippen LogP contribution is -2.24. The van der Waals surface area contributed by atoms with Crippen molar-refractivity contribution in [2.24, 2.45) is 5.92 Å². The Morgan fingerprint density at radius 3 is 2.55 bits per heavy atom. The molecule has 2 rings (SSSR count). The molecule has 1 aliphatic carbocycles. The van der Waals surface area contributed by atoms with E-state index in [9.17, 15) is 0 Å². The smallest absolute Gasteiger partial charge is 0.127 e. The van der Waals surface area contributed by atoms with Crippen molar-refractivity contribution in [3.63, 3.8) is 0 Å². The van der Waals surface area contributed by atoms with Crippen molar-refractivity contribution in [2.75, 3.05) is 14.2 Å². The second-order valence-electron chi connectivity index (χ2n) is 5.67. The van der Waals surface area contributed by atoms with Crippen LogP contribution in [0.1, 0.15) is 44.6 Å². The third kappa shape index (κ3) is 3.89. The first-order chi connectivity index (χ1) is 9.76. The van der Waals surface area contributed by atoms with Gasteiger partial charge in [0.2, 0.25) is 0 Å². The fraction of sp³-hybridized carbons (Fsp3) is 0.647. The first kappa shape index (κ1) is 15.2. The van der Waals surface area contributed by atoms with Crippen LogP contribution in [0.5, 0.6) is 11.5 Å². The molecule has 1 aliphatic rings. The van der Waals surface area contributed by atoms with Gasteiger partial charge in [-0.3, -0.25) is 0 Å². The van der Waals surface area contributed by atoms with Crippen molar-refractivity contribution < 1.29 is 9.47 Å². The summed E-state index contributed by atoms with van der Waals surface area (Å²) in [5, 5.41) is 3.19. The predicted molar refractivity (Wildman–Crippen MR) is 82.4 cm³/mol. The van der Waals surface area contributed by atoms with E-state index in [1.165, 1.54) is 37.7 Å². The Balaban J connectivity index is 2.03. The Kier molecular flexibility index (Phi) is 5.72. The molecule has 0 aliphatic heterocycles. The van der Waals surface area contributed by atoms with Crippen LogP contribution in [0.25, 0.3) is 0 Å². The van der Waals surface area contributed by atoms with Crippen LogP contribution >= 0.6 is 0 Å². The number of hydrogen-bond donors (Lipinski definition) is 1. The maximum atomic E-state index is 6.25. The molecular weight excluding hydrogens is 250 g/mol. The molecule has 0 spiro atoms. The summed E-state index contributed by atoms with van der Waals surface area (Å²) in [6.07, 6.45) is 6.61. The average Bonchev–Trinajstić information content (AvgIpc) is 2.50. The number of ether oxygens (including phenoxy) is 2. The Labute approximate surface area is 122 Å². The van der Waals surface area contributed by atoms with Crippen LogP contribution in [0, 0.1) is 5.92 Å². The van der Waals surface area contributed by atoms with Crippen LogP contribution in [-0.2, 0) is 6.54 Å². The highest BCUT2D eigenvalue weighted by molar-refractivity contribution is 5.40. The van der Waals surface area contributed by atoms with Crippen molar-refractivity contribution >= 4 is 0 Å². The van der Waals surface area contributed by atoms with Gasteiger partial charge in [0, 0.05) is 18.2 Å². The van der Waals surface area contributed by atoms with E-state index < -0.39 is 0 Å². The van der Waals surface area contributed by atoms with Crippen molar-refractivity contribution in [2.45, 2.75) is 51.7 Å². The molecule has 0 atom stereocenters. The number of rotatable bonds is 6. The van der Waals surface area contributed by atoms with Gasteiger partial charge in [-0.15, -0.1) is 0 Å². The van der Waals surface area contributed by atoms with Crippen LogP contribution in [0.15, 0.2) is 18.2 Å². The lowest BCUT2D eigenvalue weighted by Gasteiger charge is -2.29. The Hall–Kier alpha value is -1.22.